The summed E-state index contributed by atoms with van der Waals surface area (Å²) in [6, 6.07) is 0. The van der Waals surface area contributed by atoms with Gasteiger partial charge in [-0.15, -0.1) is 11.3 Å². The van der Waals surface area contributed by atoms with Crippen molar-refractivity contribution in [1.82, 2.24) is 4.98 Å². The lowest BCUT2D eigenvalue weighted by molar-refractivity contribution is 0.647. The van der Waals surface area contributed by atoms with Crippen LogP contribution >= 0.6 is 11.3 Å². The lowest BCUT2D eigenvalue weighted by Crippen LogP contribution is -2.11. The standard InChI is InChI=1S/C11H20N2S/c1-4-8(3)11-13-10(7-14-11)9(5-2)6-12/h7-9H,4-6,12H2,1-3H3. The minimum absolute atomic E-state index is 0.448. The van der Waals surface area contributed by atoms with E-state index in [1.165, 1.54) is 10.7 Å². The Labute approximate surface area is 90.6 Å². The van der Waals surface area contributed by atoms with Crippen molar-refractivity contribution in [2.24, 2.45) is 5.73 Å². The van der Waals surface area contributed by atoms with Gasteiger partial charge in [-0.2, -0.15) is 0 Å². The third-order valence-corrected chi connectivity index (χ3v) is 3.86. The largest absolute Gasteiger partial charge is 0.330 e. The molecule has 0 aliphatic rings. The fraction of sp³-hybridized carbons (Fsp3) is 0.727. The van der Waals surface area contributed by atoms with Crippen LogP contribution < -0.4 is 5.73 Å². The zero-order valence-electron chi connectivity index (χ0n) is 9.29. The van der Waals surface area contributed by atoms with Gasteiger partial charge < -0.3 is 5.73 Å². The molecule has 14 heavy (non-hydrogen) atoms. The lowest BCUT2D eigenvalue weighted by Gasteiger charge is -2.08. The van der Waals surface area contributed by atoms with E-state index in [4.69, 9.17) is 5.73 Å². The number of thiazole rings is 1. The van der Waals surface area contributed by atoms with Gasteiger partial charge in [-0.05, 0) is 12.8 Å². The number of hydrogen-bond donors (Lipinski definition) is 1. The molecule has 0 spiro atoms. The maximum atomic E-state index is 5.70. The predicted molar refractivity (Wildman–Crippen MR) is 62.9 cm³/mol. The van der Waals surface area contributed by atoms with Crippen LogP contribution in [-0.4, -0.2) is 11.5 Å². The molecular formula is C11H20N2S. The minimum Gasteiger partial charge on any atom is -0.330 e. The third kappa shape index (κ3) is 2.55. The van der Waals surface area contributed by atoms with E-state index in [0.717, 1.165) is 12.8 Å². The average Bonchev–Trinajstić information content (AvgIpc) is 2.68. The van der Waals surface area contributed by atoms with Gasteiger partial charge in [-0.1, -0.05) is 20.8 Å². The summed E-state index contributed by atoms with van der Waals surface area (Å²) in [5.41, 5.74) is 6.89. The van der Waals surface area contributed by atoms with Gasteiger partial charge in [0.15, 0.2) is 0 Å². The highest BCUT2D eigenvalue weighted by Crippen LogP contribution is 2.26. The Kier molecular flexibility index (Phi) is 4.55. The van der Waals surface area contributed by atoms with Crippen LogP contribution in [0, 0.1) is 0 Å². The Morgan fingerprint density at radius 3 is 2.64 bits per heavy atom. The first-order valence-electron chi connectivity index (χ1n) is 5.38. The highest BCUT2D eigenvalue weighted by Gasteiger charge is 2.13. The van der Waals surface area contributed by atoms with Crippen LogP contribution in [0.5, 0.6) is 0 Å². The second-order valence-electron chi connectivity index (χ2n) is 3.76. The molecule has 0 amide bonds. The molecule has 1 rings (SSSR count). The van der Waals surface area contributed by atoms with Gasteiger partial charge in [0.2, 0.25) is 0 Å². The van der Waals surface area contributed by atoms with Gasteiger partial charge >= 0.3 is 0 Å². The summed E-state index contributed by atoms with van der Waals surface area (Å²) in [6.45, 7) is 7.30. The summed E-state index contributed by atoms with van der Waals surface area (Å²) in [7, 11) is 0. The molecular weight excluding hydrogens is 192 g/mol. The molecule has 0 fully saturated rings. The van der Waals surface area contributed by atoms with Gasteiger partial charge in [0.05, 0.1) is 10.7 Å². The first kappa shape index (κ1) is 11.7. The predicted octanol–water partition coefficient (Wildman–Crippen LogP) is 3.11. The number of nitrogens with zero attached hydrogens (tertiary/aromatic N) is 1. The Morgan fingerprint density at radius 1 is 1.43 bits per heavy atom. The number of rotatable bonds is 5. The maximum Gasteiger partial charge on any atom is 0.0956 e. The molecule has 1 aromatic heterocycles. The topological polar surface area (TPSA) is 38.9 Å². The molecule has 1 aromatic rings. The van der Waals surface area contributed by atoms with E-state index in [1.54, 1.807) is 11.3 Å². The molecule has 1 heterocycles. The van der Waals surface area contributed by atoms with Crippen LogP contribution in [0.4, 0.5) is 0 Å². The van der Waals surface area contributed by atoms with Crippen molar-refractivity contribution in [1.29, 1.82) is 0 Å². The third-order valence-electron chi connectivity index (χ3n) is 2.77. The smallest absolute Gasteiger partial charge is 0.0956 e. The van der Waals surface area contributed by atoms with E-state index >= 15 is 0 Å². The zero-order valence-corrected chi connectivity index (χ0v) is 10.1. The fourth-order valence-corrected chi connectivity index (χ4v) is 2.43. The van der Waals surface area contributed by atoms with Crippen LogP contribution in [0.2, 0.25) is 0 Å². The molecule has 2 unspecified atom stereocenters. The fourth-order valence-electron chi connectivity index (χ4n) is 1.39. The van der Waals surface area contributed by atoms with E-state index in [-0.39, 0.29) is 0 Å². The Balaban J connectivity index is 2.76. The molecule has 2 nitrogen and oxygen atoms in total. The van der Waals surface area contributed by atoms with Crippen LogP contribution in [0.1, 0.15) is 56.2 Å². The SMILES string of the molecule is CCC(C)c1nc(C(CC)CN)cs1. The summed E-state index contributed by atoms with van der Waals surface area (Å²) in [5, 5.41) is 3.43. The molecule has 0 aromatic carbocycles. The van der Waals surface area contributed by atoms with Crippen molar-refractivity contribution in [3.05, 3.63) is 16.1 Å². The summed E-state index contributed by atoms with van der Waals surface area (Å²) in [5.74, 6) is 1.04. The second kappa shape index (κ2) is 5.47. The molecule has 2 atom stereocenters. The quantitative estimate of drug-likeness (QED) is 0.814. The number of nitrogens with two attached hydrogens (primary N) is 1. The normalized spacial score (nSPS) is 15.4. The van der Waals surface area contributed by atoms with E-state index in [2.05, 4.69) is 31.1 Å². The first-order valence-corrected chi connectivity index (χ1v) is 6.26. The summed E-state index contributed by atoms with van der Waals surface area (Å²) < 4.78 is 0. The van der Waals surface area contributed by atoms with Crippen molar-refractivity contribution >= 4 is 11.3 Å². The van der Waals surface area contributed by atoms with Gasteiger partial charge in [0.1, 0.15) is 0 Å². The van der Waals surface area contributed by atoms with Crippen molar-refractivity contribution < 1.29 is 0 Å². The van der Waals surface area contributed by atoms with Gasteiger partial charge in [0, 0.05) is 23.8 Å². The molecule has 0 aliphatic carbocycles. The molecule has 0 bridgehead atoms. The van der Waals surface area contributed by atoms with Crippen LogP contribution in [0.25, 0.3) is 0 Å². The van der Waals surface area contributed by atoms with Crippen LogP contribution in [0.15, 0.2) is 5.38 Å². The Bertz CT molecular complexity index is 266. The molecule has 3 heteroatoms. The molecule has 2 N–H and O–H groups in total. The van der Waals surface area contributed by atoms with Crippen LogP contribution in [0.3, 0.4) is 0 Å². The lowest BCUT2D eigenvalue weighted by atomic mass is 10.0. The van der Waals surface area contributed by atoms with E-state index in [9.17, 15) is 0 Å². The molecule has 0 saturated carbocycles. The maximum absolute atomic E-state index is 5.70. The van der Waals surface area contributed by atoms with Crippen molar-refractivity contribution in [3.63, 3.8) is 0 Å². The highest BCUT2D eigenvalue weighted by molar-refractivity contribution is 7.09. The molecule has 0 aliphatic heterocycles. The highest BCUT2D eigenvalue weighted by atomic mass is 32.1. The van der Waals surface area contributed by atoms with Crippen molar-refractivity contribution in [2.75, 3.05) is 6.54 Å². The Hall–Kier alpha value is -0.410. The van der Waals surface area contributed by atoms with Crippen molar-refractivity contribution in [3.8, 4) is 0 Å². The Morgan fingerprint density at radius 2 is 2.14 bits per heavy atom. The second-order valence-corrected chi connectivity index (χ2v) is 4.65. The summed E-state index contributed by atoms with van der Waals surface area (Å²) in [4.78, 5) is 4.66. The number of hydrogen-bond acceptors (Lipinski definition) is 3. The summed E-state index contributed by atoms with van der Waals surface area (Å²) >= 11 is 1.77. The monoisotopic (exact) mass is 212 g/mol. The van der Waals surface area contributed by atoms with Gasteiger partial charge in [-0.25, -0.2) is 4.98 Å². The molecule has 0 radical (unpaired) electrons. The first-order chi connectivity index (χ1) is 6.72. The molecule has 80 valence electrons. The van der Waals surface area contributed by atoms with E-state index in [0.29, 0.717) is 18.4 Å². The summed E-state index contributed by atoms with van der Waals surface area (Å²) in [6.07, 6.45) is 2.24. The van der Waals surface area contributed by atoms with Crippen LogP contribution in [-0.2, 0) is 0 Å². The van der Waals surface area contributed by atoms with E-state index < -0.39 is 0 Å². The van der Waals surface area contributed by atoms with E-state index in [1.807, 2.05) is 0 Å². The van der Waals surface area contributed by atoms with Crippen molar-refractivity contribution in [2.45, 2.75) is 45.4 Å². The number of aromatic nitrogens is 1. The van der Waals surface area contributed by atoms with Gasteiger partial charge in [0.25, 0.3) is 0 Å². The average molecular weight is 212 g/mol. The zero-order chi connectivity index (χ0) is 10.6. The molecule has 0 saturated heterocycles. The minimum atomic E-state index is 0.448. The van der Waals surface area contributed by atoms with Gasteiger partial charge in [-0.3, -0.25) is 0 Å².